The molecule has 0 bridgehead atoms. The van der Waals surface area contributed by atoms with Crippen LogP contribution in [0.15, 0.2) is 66.9 Å². The lowest BCUT2D eigenvalue weighted by Crippen LogP contribution is -2.41. The van der Waals surface area contributed by atoms with Crippen LogP contribution in [0.1, 0.15) is 35.7 Å². The van der Waals surface area contributed by atoms with E-state index in [2.05, 4.69) is 18.9 Å². The average molecular weight is 411 g/mol. The Morgan fingerprint density at radius 2 is 1.55 bits per heavy atom. The van der Waals surface area contributed by atoms with E-state index in [1.54, 1.807) is 0 Å². The van der Waals surface area contributed by atoms with Crippen LogP contribution in [0, 0.1) is 19.8 Å². The number of carbonyl (C=O) groups is 1. The molecule has 2 unspecified atom stereocenters. The Bertz CT molecular complexity index is 910. The monoisotopic (exact) mass is 410 g/mol. The summed E-state index contributed by atoms with van der Waals surface area (Å²) in [6, 6.07) is 20.1. The summed E-state index contributed by atoms with van der Waals surface area (Å²) in [6.45, 7) is 6.76. The molecule has 0 spiro atoms. The van der Waals surface area contributed by atoms with E-state index in [4.69, 9.17) is 4.74 Å². The van der Waals surface area contributed by atoms with Crippen LogP contribution >= 0.6 is 12.4 Å². The van der Waals surface area contributed by atoms with Crippen molar-refractivity contribution in [2.45, 2.75) is 45.3 Å². The number of esters is 1. The summed E-state index contributed by atoms with van der Waals surface area (Å²) in [6.07, 6.45) is 2.64. The SMILES string of the molecule is CCC1C(Cn2cc(C)c(C)n2)OC(=O)C1(c1ccccc1)c1ccccc1.Cl. The van der Waals surface area contributed by atoms with Crippen molar-refractivity contribution >= 4 is 18.4 Å². The van der Waals surface area contributed by atoms with Crippen molar-refractivity contribution in [1.29, 1.82) is 0 Å². The largest absolute Gasteiger partial charge is 0.459 e. The van der Waals surface area contributed by atoms with Crippen LogP contribution in [0.2, 0.25) is 0 Å². The maximum absolute atomic E-state index is 13.5. The first-order valence-electron chi connectivity index (χ1n) is 9.90. The second-order valence-electron chi connectivity index (χ2n) is 7.62. The van der Waals surface area contributed by atoms with Crippen LogP contribution in [0.25, 0.3) is 0 Å². The summed E-state index contributed by atoms with van der Waals surface area (Å²) >= 11 is 0. The number of ether oxygens (including phenoxy) is 1. The topological polar surface area (TPSA) is 44.1 Å². The van der Waals surface area contributed by atoms with Gasteiger partial charge >= 0.3 is 5.97 Å². The first-order chi connectivity index (χ1) is 13.6. The first kappa shape index (κ1) is 21.1. The van der Waals surface area contributed by atoms with Gasteiger partial charge in [0.2, 0.25) is 0 Å². The molecule has 4 nitrogen and oxygen atoms in total. The smallest absolute Gasteiger partial charge is 0.321 e. The number of nitrogens with zero attached hydrogens (tertiary/aromatic N) is 2. The van der Waals surface area contributed by atoms with Crippen LogP contribution in [-0.4, -0.2) is 21.9 Å². The number of aryl methyl sites for hydroxylation is 2. The van der Waals surface area contributed by atoms with Crippen molar-refractivity contribution in [3.8, 4) is 0 Å². The van der Waals surface area contributed by atoms with E-state index in [0.29, 0.717) is 6.54 Å². The van der Waals surface area contributed by atoms with Gasteiger partial charge in [0.05, 0.1) is 12.2 Å². The molecule has 2 heterocycles. The molecule has 1 saturated heterocycles. The minimum absolute atomic E-state index is 0. The molecule has 0 amide bonds. The van der Waals surface area contributed by atoms with Crippen LogP contribution in [-0.2, 0) is 21.5 Å². The summed E-state index contributed by atoms with van der Waals surface area (Å²) in [7, 11) is 0. The standard InChI is InChI=1S/C24H26N2O2.ClH/c1-4-21-22(16-26-15-17(2)18(3)25-26)28-23(27)24(21,19-11-7-5-8-12-19)20-13-9-6-10-14-20;/h5-15,21-22H,4,16H2,1-3H3;1H. The highest BCUT2D eigenvalue weighted by Crippen LogP contribution is 2.49. The van der Waals surface area contributed by atoms with Crippen molar-refractivity contribution in [2.75, 3.05) is 0 Å². The van der Waals surface area contributed by atoms with Crippen LogP contribution in [0.4, 0.5) is 0 Å². The van der Waals surface area contributed by atoms with Gasteiger partial charge in [-0.25, -0.2) is 0 Å². The van der Waals surface area contributed by atoms with Crippen molar-refractivity contribution < 1.29 is 9.53 Å². The predicted octanol–water partition coefficient (Wildman–Crippen LogP) is 4.86. The quantitative estimate of drug-likeness (QED) is 0.564. The number of hydrogen-bond donors (Lipinski definition) is 0. The molecule has 0 N–H and O–H groups in total. The van der Waals surface area contributed by atoms with Gasteiger partial charge in [0.25, 0.3) is 0 Å². The number of rotatable bonds is 5. The summed E-state index contributed by atoms with van der Waals surface area (Å²) in [5, 5.41) is 4.59. The molecule has 152 valence electrons. The first-order valence-corrected chi connectivity index (χ1v) is 9.90. The zero-order chi connectivity index (χ0) is 19.7. The van der Waals surface area contributed by atoms with Crippen LogP contribution < -0.4 is 0 Å². The minimum atomic E-state index is -0.792. The van der Waals surface area contributed by atoms with E-state index in [1.807, 2.05) is 78.5 Å². The summed E-state index contributed by atoms with van der Waals surface area (Å²) < 4.78 is 7.96. The molecule has 4 rings (SSSR count). The fraction of sp³-hybridized carbons (Fsp3) is 0.333. The van der Waals surface area contributed by atoms with Gasteiger partial charge in [-0.2, -0.15) is 5.10 Å². The van der Waals surface area contributed by atoms with E-state index in [0.717, 1.165) is 28.8 Å². The zero-order valence-corrected chi connectivity index (χ0v) is 17.9. The third kappa shape index (κ3) is 3.46. The van der Waals surface area contributed by atoms with Crippen LogP contribution in [0.5, 0.6) is 0 Å². The molecule has 1 fully saturated rings. The highest BCUT2D eigenvalue weighted by Gasteiger charge is 2.58. The normalized spacial score (nSPS) is 20.2. The molecule has 2 aromatic carbocycles. The summed E-state index contributed by atoms with van der Waals surface area (Å²) in [5.74, 6) is -0.142. The lowest BCUT2D eigenvalue weighted by atomic mass is 9.64. The summed E-state index contributed by atoms with van der Waals surface area (Å²) in [5.41, 5.74) is 3.35. The Balaban J connectivity index is 0.00000240. The lowest BCUT2D eigenvalue weighted by Gasteiger charge is -2.33. The predicted molar refractivity (Wildman–Crippen MR) is 116 cm³/mol. The molecule has 0 saturated carbocycles. The molecule has 2 atom stereocenters. The number of benzene rings is 2. The molecular weight excluding hydrogens is 384 g/mol. The van der Waals surface area contributed by atoms with Crippen molar-refractivity contribution in [2.24, 2.45) is 5.92 Å². The van der Waals surface area contributed by atoms with Gasteiger partial charge in [-0.05, 0) is 37.0 Å². The molecule has 1 aliphatic rings. The van der Waals surface area contributed by atoms with E-state index >= 15 is 0 Å². The Morgan fingerprint density at radius 3 is 2.00 bits per heavy atom. The Kier molecular flexibility index (Phi) is 6.13. The molecule has 3 aromatic rings. The Morgan fingerprint density at radius 1 is 1.00 bits per heavy atom. The highest BCUT2D eigenvalue weighted by molar-refractivity contribution is 5.90. The molecule has 29 heavy (non-hydrogen) atoms. The lowest BCUT2D eigenvalue weighted by molar-refractivity contribution is -0.145. The second-order valence-corrected chi connectivity index (χ2v) is 7.62. The third-order valence-electron chi connectivity index (χ3n) is 6.04. The van der Waals surface area contributed by atoms with E-state index in [9.17, 15) is 4.79 Å². The van der Waals surface area contributed by atoms with Gasteiger partial charge in [0, 0.05) is 12.1 Å². The highest BCUT2D eigenvalue weighted by atomic mass is 35.5. The molecule has 1 aromatic heterocycles. The maximum Gasteiger partial charge on any atom is 0.321 e. The van der Waals surface area contributed by atoms with Crippen molar-refractivity contribution in [3.63, 3.8) is 0 Å². The summed E-state index contributed by atoms with van der Waals surface area (Å²) in [4.78, 5) is 13.5. The molecule has 1 aliphatic heterocycles. The fourth-order valence-electron chi connectivity index (χ4n) is 4.60. The number of hydrogen-bond acceptors (Lipinski definition) is 3. The number of aromatic nitrogens is 2. The average Bonchev–Trinajstić information content (AvgIpc) is 3.18. The molecule has 5 heteroatoms. The number of halogens is 1. The molecular formula is C24H27ClN2O2. The van der Waals surface area contributed by atoms with Gasteiger partial charge in [-0.1, -0.05) is 67.6 Å². The fourth-order valence-corrected chi connectivity index (χ4v) is 4.60. The Hall–Kier alpha value is -2.59. The van der Waals surface area contributed by atoms with Gasteiger partial charge in [-0.3, -0.25) is 9.48 Å². The van der Waals surface area contributed by atoms with E-state index < -0.39 is 5.41 Å². The molecule has 0 aliphatic carbocycles. The van der Waals surface area contributed by atoms with Crippen molar-refractivity contribution in [1.82, 2.24) is 9.78 Å². The number of cyclic esters (lactones) is 1. The van der Waals surface area contributed by atoms with Gasteiger partial charge < -0.3 is 4.74 Å². The maximum atomic E-state index is 13.5. The van der Waals surface area contributed by atoms with Gasteiger partial charge in [-0.15, -0.1) is 12.4 Å². The van der Waals surface area contributed by atoms with E-state index in [1.165, 1.54) is 0 Å². The Labute approximate surface area is 178 Å². The molecule has 0 radical (unpaired) electrons. The minimum Gasteiger partial charge on any atom is -0.459 e. The van der Waals surface area contributed by atoms with E-state index in [-0.39, 0.29) is 30.4 Å². The van der Waals surface area contributed by atoms with Crippen LogP contribution in [0.3, 0.4) is 0 Å². The third-order valence-corrected chi connectivity index (χ3v) is 6.04. The second kappa shape index (κ2) is 8.42. The van der Waals surface area contributed by atoms with Gasteiger partial charge in [0.1, 0.15) is 11.5 Å². The van der Waals surface area contributed by atoms with Gasteiger partial charge in [0.15, 0.2) is 0 Å². The zero-order valence-electron chi connectivity index (χ0n) is 17.0. The van der Waals surface area contributed by atoms with Crippen molar-refractivity contribution in [3.05, 3.63) is 89.2 Å². The number of carbonyl (C=O) groups excluding carboxylic acids is 1.